The lowest BCUT2D eigenvalue weighted by molar-refractivity contribution is -0.116. The molecule has 1 heterocycles. The van der Waals surface area contributed by atoms with Gasteiger partial charge in [-0.2, -0.15) is 10.4 Å². The molecule has 0 unspecified atom stereocenters. The summed E-state index contributed by atoms with van der Waals surface area (Å²) in [4.78, 5) is 12.4. The lowest BCUT2D eigenvalue weighted by Crippen LogP contribution is -2.24. The Kier molecular flexibility index (Phi) is 7.44. The first kappa shape index (κ1) is 22.4. The molecule has 7 nitrogen and oxygen atoms in total. The van der Waals surface area contributed by atoms with Crippen LogP contribution in [-0.4, -0.2) is 36.5 Å². The normalized spacial score (nSPS) is 10.8. The van der Waals surface area contributed by atoms with Crippen molar-refractivity contribution >= 4 is 12.0 Å². The Hall–Kier alpha value is -4.31. The van der Waals surface area contributed by atoms with Crippen molar-refractivity contribution in [3.05, 3.63) is 84.1 Å². The number of carbonyl (C=O) groups excluding carboxylic acids is 1. The summed E-state index contributed by atoms with van der Waals surface area (Å²) < 4.78 is 12.5. The van der Waals surface area contributed by atoms with Crippen LogP contribution in [0.2, 0.25) is 0 Å². The third-order valence-electron chi connectivity index (χ3n) is 4.71. The minimum atomic E-state index is -0.471. The summed E-state index contributed by atoms with van der Waals surface area (Å²) in [5, 5.41) is 16.9. The van der Waals surface area contributed by atoms with Crippen LogP contribution >= 0.6 is 0 Å². The summed E-state index contributed by atoms with van der Waals surface area (Å²) >= 11 is 0. The van der Waals surface area contributed by atoms with Crippen molar-refractivity contribution in [1.29, 1.82) is 5.26 Å². The van der Waals surface area contributed by atoms with E-state index in [1.54, 1.807) is 37.1 Å². The number of hydrogen-bond donors (Lipinski definition) is 1. The highest BCUT2D eigenvalue weighted by Crippen LogP contribution is 2.33. The molecule has 3 rings (SSSR count). The van der Waals surface area contributed by atoms with E-state index >= 15 is 0 Å². The summed E-state index contributed by atoms with van der Waals surface area (Å²) in [6.07, 6.45) is 4.91. The summed E-state index contributed by atoms with van der Waals surface area (Å²) in [6, 6.07) is 17.3. The molecular formula is C25H24N4O3. The third kappa shape index (κ3) is 5.24. The van der Waals surface area contributed by atoms with E-state index < -0.39 is 5.91 Å². The number of carbonyl (C=O) groups is 1. The van der Waals surface area contributed by atoms with Crippen molar-refractivity contribution in [1.82, 2.24) is 15.1 Å². The molecule has 1 N–H and O–H groups in total. The van der Waals surface area contributed by atoms with E-state index in [1.165, 1.54) is 0 Å². The second-order valence-corrected chi connectivity index (χ2v) is 6.85. The summed E-state index contributed by atoms with van der Waals surface area (Å²) in [6.45, 7) is 4.39. The van der Waals surface area contributed by atoms with E-state index in [2.05, 4.69) is 11.9 Å². The molecule has 0 spiro atoms. The van der Waals surface area contributed by atoms with Gasteiger partial charge in [0.2, 0.25) is 0 Å². The van der Waals surface area contributed by atoms with E-state index in [9.17, 15) is 10.1 Å². The third-order valence-corrected chi connectivity index (χ3v) is 4.71. The van der Waals surface area contributed by atoms with Gasteiger partial charge in [0.1, 0.15) is 11.6 Å². The molecule has 0 aliphatic rings. The van der Waals surface area contributed by atoms with Crippen molar-refractivity contribution in [3.8, 4) is 28.8 Å². The number of methoxy groups -OCH3 is 2. The van der Waals surface area contributed by atoms with Gasteiger partial charge in [0.05, 0.1) is 26.5 Å². The number of nitriles is 1. The number of ether oxygens (including phenoxy) is 2. The Morgan fingerprint density at radius 2 is 1.94 bits per heavy atom. The first-order chi connectivity index (χ1) is 15.6. The first-order valence-electron chi connectivity index (χ1n) is 9.94. The average Bonchev–Trinajstić information content (AvgIpc) is 3.23. The SMILES string of the molecule is C=CCNC(=O)/C(C#N)=C/c1cn(Cc2ccccc2)nc1-c1ccc(OC)c(OC)c1. The fourth-order valence-corrected chi connectivity index (χ4v) is 3.17. The lowest BCUT2D eigenvalue weighted by atomic mass is 10.1. The second kappa shape index (κ2) is 10.6. The van der Waals surface area contributed by atoms with E-state index in [1.807, 2.05) is 54.7 Å². The molecule has 0 radical (unpaired) electrons. The van der Waals surface area contributed by atoms with Crippen LogP contribution in [0.4, 0.5) is 0 Å². The molecule has 1 aromatic heterocycles. The van der Waals surface area contributed by atoms with Gasteiger partial charge in [0, 0.05) is 23.9 Å². The Morgan fingerprint density at radius 3 is 2.59 bits per heavy atom. The van der Waals surface area contributed by atoms with E-state index in [0.29, 0.717) is 29.3 Å². The topological polar surface area (TPSA) is 89.2 Å². The van der Waals surface area contributed by atoms with Gasteiger partial charge < -0.3 is 14.8 Å². The van der Waals surface area contributed by atoms with Gasteiger partial charge in [0.15, 0.2) is 11.5 Å². The number of rotatable bonds is 9. The lowest BCUT2D eigenvalue weighted by Gasteiger charge is -2.09. The van der Waals surface area contributed by atoms with Crippen molar-refractivity contribution in [2.75, 3.05) is 20.8 Å². The molecule has 0 saturated heterocycles. The molecule has 7 heteroatoms. The molecule has 2 aromatic carbocycles. The van der Waals surface area contributed by atoms with Crippen molar-refractivity contribution in [2.24, 2.45) is 0 Å². The molecule has 32 heavy (non-hydrogen) atoms. The van der Waals surface area contributed by atoms with Gasteiger partial charge in [-0.25, -0.2) is 0 Å². The first-order valence-corrected chi connectivity index (χ1v) is 9.94. The molecule has 0 aliphatic carbocycles. The second-order valence-electron chi connectivity index (χ2n) is 6.85. The van der Waals surface area contributed by atoms with Crippen LogP contribution in [0.1, 0.15) is 11.1 Å². The molecule has 0 saturated carbocycles. The maximum atomic E-state index is 12.4. The zero-order valence-electron chi connectivity index (χ0n) is 18.0. The number of nitrogens with one attached hydrogen (secondary N) is 1. The van der Waals surface area contributed by atoms with Gasteiger partial charge >= 0.3 is 0 Å². The van der Waals surface area contributed by atoms with Gasteiger partial charge in [0.25, 0.3) is 5.91 Å². The minimum Gasteiger partial charge on any atom is -0.493 e. The molecule has 0 atom stereocenters. The molecule has 0 fully saturated rings. The summed E-state index contributed by atoms with van der Waals surface area (Å²) in [5.74, 6) is 0.682. The zero-order chi connectivity index (χ0) is 22.9. The number of benzene rings is 2. The van der Waals surface area contributed by atoms with Crippen LogP contribution in [0.15, 0.2) is 73.0 Å². The quantitative estimate of drug-likeness (QED) is 0.318. The highest BCUT2D eigenvalue weighted by molar-refractivity contribution is 6.02. The average molecular weight is 428 g/mol. The minimum absolute atomic E-state index is 0.0205. The number of aromatic nitrogens is 2. The summed E-state index contributed by atoms with van der Waals surface area (Å²) in [5.41, 5.74) is 3.08. The molecular weight excluding hydrogens is 404 g/mol. The molecule has 0 bridgehead atoms. The standard InChI is InChI=1S/C25H24N4O3/c1-4-12-27-25(30)20(15-26)13-21-17-29(16-18-8-6-5-7-9-18)28-24(21)19-10-11-22(31-2)23(14-19)32-3/h4-11,13-14,17H,1,12,16H2,2-3H3,(H,27,30)/b20-13+. The number of nitrogens with zero attached hydrogens (tertiary/aromatic N) is 3. The highest BCUT2D eigenvalue weighted by Gasteiger charge is 2.16. The maximum absolute atomic E-state index is 12.4. The number of hydrogen-bond acceptors (Lipinski definition) is 5. The van der Waals surface area contributed by atoms with Crippen molar-refractivity contribution in [3.63, 3.8) is 0 Å². The monoisotopic (exact) mass is 428 g/mol. The largest absolute Gasteiger partial charge is 0.493 e. The molecule has 1 amide bonds. The Labute approximate surface area is 187 Å². The van der Waals surface area contributed by atoms with Crippen LogP contribution in [0, 0.1) is 11.3 Å². The van der Waals surface area contributed by atoms with E-state index in [4.69, 9.17) is 14.6 Å². The predicted octanol–water partition coefficient (Wildman–Crippen LogP) is 3.82. The van der Waals surface area contributed by atoms with Crippen LogP contribution in [0.25, 0.3) is 17.3 Å². The van der Waals surface area contributed by atoms with Crippen molar-refractivity contribution < 1.29 is 14.3 Å². The van der Waals surface area contributed by atoms with Gasteiger partial charge in [-0.1, -0.05) is 36.4 Å². The van der Waals surface area contributed by atoms with Crippen molar-refractivity contribution in [2.45, 2.75) is 6.54 Å². The van der Waals surface area contributed by atoms with Gasteiger partial charge in [-0.05, 0) is 29.8 Å². The van der Waals surface area contributed by atoms with Crippen LogP contribution in [0.3, 0.4) is 0 Å². The van der Waals surface area contributed by atoms with Crippen LogP contribution < -0.4 is 14.8 Å². The van der Waals surface area contributed by atoms with Crippen LogP contribution in [0.5, 0.6) is 11.5 Å². The smallest absolute Gasteiger partial charge is 0.262 e. The molecule has 162 valence electrons. The Bertz CT molecular complexity index is 1170. The summed E-state index contributed by atoms with van der Waals surface area (Å²) in [7, 11) is 3.13. The number of amides is 1. The highest BCUT2D eigenvalue weighted by atomic mass is 16.5. The van der Waals surface area contributed by atoms with E-state index in [0.717, 1.165) is 11.1 Å². The predicted molar refractivity (Wildman–Crippen MR) is 123 cm³/mol. The molecule has 0 aliphatic heterocycles. The fourth-order valence-electron chi connectivity index (χ4n) is 3.17. The van der Waals surface area contributed by atoms with E-state index in [-0.39, 0.29) is 12.1 Å². The van der Waals surface area contributed by atoms with Gasteiger partial charge in [-0.3, -0.25) is 9.48 Å². The molecule has 3 aromatic rings. The fraction of sp³-hybridized carbons (Fsp3) is 0.160. The Balaban J connectivity index is 2.08. The maximum Gasteiger partial charge on any atom is 0.262 e. The zero-order valence-corrected chi connectivity index (χ0v) is 18.0. The van der Waals surface area contributed by atoms with Crippen LogP contribution in [-0.2, 0) is 11.3 Å². The Morgan fingerprint density at radius 1 is 1.19 bits per heavy atom. The van der Waals surface area contributed by atoms with Gasteiger partial charge in [-0.15, -0.1) is 6.58 Å².